The third kappa shape index (κ3) is 9.16. The Morgan fingerprint density at radius 1 is 1.29 bits per heavy atom. The number of aliphatic imine (C=N–C) groups is 1. The van der Waals surface area contributed by atoms with Crippen molar-refractivity contribution in [3.8, 4) is 0 Å². The van der Waals surface area contributed by atoms with Gasteiger partial charge in [-0.05, 0) is 39.7 Å². The SMILES string of the molecule is CC(C)=CCC/C(C)=C/C=NC(N)N. The number of allylic oxidation sites excluding steroid dienone is 4. The molecule has 0 aromatic rings. The van der Waals surface area contributed by atoms with Crippen molar-refractivity contribution in [2.45, 2.75) is 39.9 Å². The topological polar surface area (TPSA) is 64.4 Å². The second kappa shape index (κ2) is 7.47. The summed E-state index contributed by atoms with van der Waals surface area (Å²) in [5, 5.41) is 0. The molecule has 0 aromatic carbocycles. The smallest absolute Gasteiger partial charge is 0.148 e. The molecule has 0 saturated carbocycles. The van der Waals surface area contributed by atoms with Crippen molar-refractivity contribution < 1.29 is 0 Å². The first-order chi connectivity index (χ1) is 6.52. The lowest BCUT2D eigenvalue weighted by Crippen LogP contribution is -2.27. The van der Waals surface area contributed by atoms with Gasteiger partial charge in [0.1, 0.15) is 6.29 Å². The highest BCUT2D eigenvalue weighted by Gasteiger charge is 1.87. The van der Waals surface area contributed by atoms with Crippen molar-refractivity contribution in [2.24, 2.45) is 16.5 Å². The van der Waals surface area contributed by atoms with Gasteiger partial charge in [-0.25, -0.2) is 0 Å². The minimum absolute atomic E-state index is 0.600. The number of nitrogens with two attached hydrogens (primary N) is 2. The molecule has 80 valence electrons. The molecule has 0 unspecified atom stereocenters. The minimum Gasteiger partial charge on any atom is -0.298 e. The van der Waals surface area contributed by atoms with E-state index in [1.807, 2.05) is 6.08 Å². The van der Waals surface area contributed by atoms with Crippen LogP contribution in [0.3, 0.4) is 0 Å². The average molecular weight is 195 g/mol. The van der Waals surface area contributed by atoms with E-state index in [9.17, 15) is 0 Å². The van der Waals surface area contributed by atoms with Crippen molar-refractivity contribution in [1.82, 2.24) is 0 Å². The predicted octanol–water partition coefficient (Wildman–Crippen LogP) is 1.95. The van der Waals surface area contributed by atoms with Crippen LogP contribution in [0.1, 0.15) is 33.6 Å². The Hall–Kier alpha value is -0.930. The number of nitrogens with zero attached hydrogens (tertiary/aromatic N) is 1. The van der Waals surface area contributed by atoms with Gasteiger partial charge in [0.2, 0.25) is 0 Å². The summed E-state index contributed by atoms with van der Waals surface area (Å²) >= 11 is 0. The first kappa shape index (κ1) is 13.1. The zero-order chi connectivity index (χ0) is 11.0. The lowest BCUT2D eigenvalue weighted by Gasteiger charge is -1.97. The normalized spacial score (nSPS) is 12.6. The molecule has 0 rings (SSSR count). The van der Waals surface area contributed by atoms with Gasteiger partial charge in [-0.1, -0.05) is 17.2 Å². The van der Waals surface area contributed by atoms with Gasteiger partial charge in [-0.15, -0.1) is 0 Å². The van der Waals surface area contributed by atoms with Crippen LogP contribution in [0.4, 0.5) is 0 Å². The molecule has 0 bridgehead atoms. The van der Waals surface area contributed by atoms with Gasteiger partial charge in [0, 0.05) is 6.21 Å². The molecular formula is C11H21N3. The molecule has 0 amide bonds. The number of hydrogen-bond acceptors (Lipinski definition) is 3. The van der Waals surface area contributed by atoms with E-state index < -0.39 is 6.29 Å². The summed E-state index contributed by atoms with van der Waals surface area (Å²) in [7, 11) is 0. The third-order valence-electron chi connectivity index (χ3n) is 1.71. The standard InChI is InChI=1S/C11H21N3/c1-9(2)5-4-6-10(3)7-8-14-11(12)13/h5,7-8,11H,4,6,12-13H2,1-3H3/b10-7+,14-8?. The highest BCUT2D eigenvalue weighted by Crippen LogP contribution is 2.05. The number of rotatable bonds is 5. The van der Waals surface area contributed by atoms with Crippen LogP contribution in [-0.2, 0) is 0 Å². The van der Waals surface area contributed by atoms with Crippen LogP contribution in [0.2, 0.25) is 0 Å². The summed E-state index contributed by atoms with van der Waals surface area (Å²) in [5.74, 6) is 0. The molecule has 14 heavy (non-hydrogen) atoms. The van der Waals surface area contributed by atoms with E-state index in [-0.39, 0.29) is 0 Å². The maximum Gasteiger partial charge on any atom is 0.148 e. The van der Waals surface area contributed by atoms with Gasteiger partial charge in [0.05, 0.1) is 0 Å². The van der Waals surface area contributed by atoms with E-state index in [1.54, 1.807) is 6.21 Å². The van der Waals surface area contributed by atoms with Crippen molar-refractivity contribution in [3.05, 3.63) is 23.3 Å². The van der Waals surface area contributed by atoms with Gasteiger partial charge >= 0.3 is 0 Å². The van der Waals surface area contributed by atoms with Gasteiger partial charge < -0.3 is 0 Å². The Balaban J connectivity index is 3.84. The molecule has 3 heteroatoms. The fourth-order valence-corrected chi connectivity index (χ4v) is 0.942. The van der Waals surface area contributed by atoms with E-state index in [0.29, 0.717) is 0 Å². The van der Waals surface area contributed by atoms with Crippen molar-refractivity contribution >= 4 is 6.21 Å². The summed E-state index contributed by atoms with van der Waals surface area (Å²) in [4.78, 5) is 3.85. The van der Waals surface area contributed by atoms with Crippen molar-refractivity contribution in [1.29, 1.82) is 0 Å². The molecule has 0 aliphatic carbocycles. The summed E-state index contributed by atoms with van der Waals surface area (Å²) in [5.41, 5.74) is 13.2. The Kier molecular flexibility index (Phi) is 6.98. The molecule has 0 fully saturated rings. The monoisotopic (exact) mass is 195 g/mol. The summed E-state index contributed by atoms with van der Waals surface area (Å²) < 4.78 is 0. The first-order valence-electron chi connectivity index (χ1n) is 4.86. The maximum absolute atomic E-state index is 5.26. The predicted molar refractivity (Wildman–Crippen MR) is 63.1 cm³/mol. The zero-order valence-electron chi connectivity index (χ0n) is 9.33. The molecule has 0 aliphatic rings. The molecule has 0 aliphatic heterocycles. The highest BCUT2D eigenvalue weighted by molar-refractivity contribution is 5.72. The lowest BCUT2D eigenvalue weighted by molar-refractivity contribution is 0.756. The van der Waals surface area contributed by atoms with Crippen LogP contribution >= 0.6 is 0 Å². The van der Waals surface area contributed by atoms with E-state index in [2.05, 4.69) is 31.8 Å². The largest absolute Gasteiger partial charge is 0.298 e. The molecule has 0 atom stereocenters. The molecule has 3 nitrogen and oxygen atoms in total. The zero-order valence-corrected chi connectivity index (χ0v) is 9.33. The minimum atomic E-state index is -0.600. The lowest BCUT2D eigenvalue weighted by atomic mass is 10.1. The molecule has 0 aromatic heterocycles. The van der Waals surface area contributed by atoms with Gasteiger partial charge in [0.15, 0.2) is 0 Å². The van der Waals surface area contributed by atoms with Gasteiger partial charge in [-0.2, -0.15) is 0 Å². The molecular weight excluding hydrogens is 174 g/mol. The highest BCUT2D eigenvalue weighted by atomic mass is 15.1. The Labute approximate surface area is 86.6 Å². The van der Waals surface area contributed by atoms with Crippen molar-refractivity contribution in [3.63, 3.8) is 0 Å². The summed E-state index contributed by atoms with van der Waals surface area (Å²) in [6.45, 7) is 6.29. The van der Waals surface area contributed by atoms with Crippen LogP contribution in [0.25, 0.3) is 0 Å². The van der Waals surface area contributed by atoms with Crippen LogP contribution in [-0.4, -0.2) is 12.5 Å². The second-order valence-corrected chi connectivity index (χ2v) is 3.62. The van der Waals surface area contributed by atoms with E-state index in [0.717, 1.165) is 12.8 Å². The van der Waals surface area contributed by atoms with Crippen molar-refractivity contribution in [2.75, 3.05) is 0 Å². The second-order valence-electron chi connectivity index (χ2n) is 3.62. The molecule has 0 spiro atoms. The Bertz CT molecular complexity index is 233. The molecule has 4 N–H and O–H groups in total. The fourth-order valence-electron chi connectivity index (χ4n) is 0.942. The van der Waals surface area contributed by atoms with E-state index in [4.69, 9.17) is 11.5 Å². The first-order valence-corrected chi connectivity index (χ1v) is 4.86. The molecule has 0 radical (unpaired) electrons. The Morgan fingerprint density at radius 3 is 2.43 bits per heavy atom. The number of hydrogen-bond donors (Lipinski definition) is 2. The molecule has 0 saturated heterocycles. The molecule has 0 heterocycles. The Morgan fingerprint density at radius 2 is 1.93 bits per heavy atom. The summed E-state index contributed by atoms with van der Waals surface area (Å²) in [6.07, 6.45) is 7.37. The van der Waals surface area contributed by atoms with Gasteiger partial charge in [0.25, 0.3) is 0 Å². The van der Waals surface area contributed by atoms with E-state index >= 15 is 0 Å². The summed E-state index contributed by atoms with van der Waals surface area (Å²) in [6, 6.07) is 0. The third-order valence-corrected chi connectivity index (χ3v) is 1.71. The average Bonchev–Trinajstić information content (AvgIpc) is 2.02. The maximum atomic E-state index is 5.26. The quantitative estimate of drug-likeness (QED) is 0.400. The van der Waals surface area contributed by atoms with Crippen LogP contribution in [0, 0.1) is 0 Å². The van der Waals surface area contributed by atoms with Crippen LogP contribution in [0.15, 0.2) is 28.3 Å². The van der Waals surface area contributed by atoms with E-state index in [1.165, 1.54) is 11.1 Å². The van der Waals surface area contributed by atoms with Gasteiger partial charge in [-0.3, -0.25) is 16.5 Å². The van der Waals surface area contributed by atoms with Crippen LogP contribution < -0.4 is 11.5 Å². The fraction of sp³-hybridized carbons (Fsp3) is 0.545. The van der Waals surface area contributed by atoms with Crippen LogP contribution in [0.5, 0.6) is 0 Å².